The Balaban J connectivity index is 1.93. The average Bonchev–Trinajstić information content (AvgIpc) is 2.53. The molecule has 3 N–H and O–H groups in total. The van der Waals surface area contributed by atoms with Crippen LogP contribution >= 0.6 is 0 Å². The summed E-state index contributed by atoms with van der Waals surface area (Å²) in [5.74, 6) is 0. The first-order chi connectivity index (χ1) is 10.3. The maximum Gasteiger partial charge on any atom is 0.0641 e. The molecule has 0 aromatic heterocycles. The maximum absolute atomic E-state index is 6.13. The summed E-state index contributed by atoms with van der Waals surface area (Å²) in [6, 6.07) is 8.09. The Morgan fingerprint density at radius 3 is 2.71 bits per heavy atom. The molecule has 0 saturated carbocycles. The third-order valence-electron chi connectivity index (χ3n) is 3.88. The Kier molecular flexibility index (Phi) is 6.79. The van der Waals surface area contributed by atoms with Crippen molar-refractivity contribution in [2.45, 2.75) is 6.92 Å². The summed E-state index contributed by atoms with van der Waals surface area (Å²) in [5.41, 5.74) is 8.09. The topological polar surface area (TPSA) is 53.8 Å². The summed E-state index contributed by atoms with van der Waals surface area (Å²) in [7, 11) is 0. The quantitative estimate of drug-likeness (QED) is 0.553. The van der Waals surface area contributed by atoms with E-state index in [0.717, 1.165) is 70.4 Å². The molecule has 0 spiro atoms. The largest absolute Gasteiger partial charge is 0.397 e. The SMILES string of the molecule is CCOCCN(CCN1CCNCC1)c1ccccc1N. The zero-order valence-electron chi connectivity index (χ0n) is 13.1. The number of nitrogens with zero attached hydrogens (tertiary/aromatic N) is 2. The molecule has 1 saturated heterocycles. The van der Waals surface area contributed by atoms with Crippen LogP contribution in [-0.4, -0.2) is 63.9 Å². The molecule has 118 valence electrons. The van der Waals surface area contributed by atoms with Crippen LogP contribution in [-0.2, 0) is 4.74 Å². The molecule has 1 aromatic rings. The lowest BCUT2D eigenvalue weighted by molar-refractivity contribution is 0.153. The molecule has 5 heteroatoms. The number of nitrogens with two attached hydrogens (primary N) is 1. The van der Waals surface area contributed by atoms with Crippen molar-refractivity contribution in [3.05, 3.63) is 24.3 Å². The van der Waals surface area contributed by atoms with Crippen molar-refractivity contribution in [3.63, 3.8) is 0 Å². The summed E-state index contributed by atoms with van der Waals surface area (Å²) < 4.78 is 5.51. The third-order valence-corrected chi connectivity index (χ3v) is 3.88. The van der Waals surface area contributed by atoms with Gasteiger partial charge >= 0.3 is 0 Å². The van der Waals surface area contributed by atoms with E-state index in [9.17, 15) is 0 Å². The minimum atomic E-state index is 0.742. The van der Waals surface area contributed by atoms with Crippen LogP contribution in [0.25, 0.3) is 0 Å². The lowest BCUT2D eigenvalue weighted by Crippen LogP contribution is -2.46. The van der Waals surface area contributed by atoms with Gasteiger partial charge in [-0.05, 0) is 19.1 Å². The number of hydrogen-bond acceptors (Lipinski definition) is 5. The number of benzene rings is 1. The van der Waals surface area contributed by atoms with Crippen molar-refractivity contribution in [3.8, 4) is 0 Å². The van der Waals surface area contributed by atoms with E-state index in [4.69, 9.17) is 10.5 Å². The third kappa shape index (κ3) is 5.19. The second-order valence-electron chi connectivity index (χ2n) is 5.33. The fraction of sp³-hybridized carbons (Fsp3) is 0.625. The number of piperazine rings is 1. The molecule has 1 fully saturated rings. The summed E-state index contributed by atoms with van der Waals surface area (Å²) in [6.07, 6.45) is 0. The number of ether oxygens (including phenoxy) is 1. The predicted molar refractivity (Wildman–Crippen MR) is 88.9 cm³/mol. The molecule has 5 nitrogen and oxygen atoms in total. The highest BCUT2D eigenvalue weighted by Gasteiger charge is 2.13. The van der Waals surface area contributed by atoms with E-state index in [1.807, 2.05) is 25.1 Å². The zero-order valence-corrected chi connectivity index (χ0v) is 13.1. The van der Waals surface area contributed by atoms with Crippen molar-refractivity contribution in [2.24, 2.45) is 0 Å². The molecule has 2 rings (SSSR count). The minimum absolute atomic E-state index is 0.742. The van der Waals surface area contributed by atoms with E-state index in [-0.39, 0.29) is 0 Å². The highest BCUT2D eigenvalue weighted by atomic mass is 16.5. The standard InChI is InChI=1S/C16H28N4O/c1-2-21-14-13-20(16-6-4-3-5-15(16)17)12-11-19-9-7-18-8-10-19/h3-6,18H,2,7-14,17H2,1H3. The van der Waals surface area contributed by atoms with Crippen LogP contribution < -0.4 is 16.0 Å². The molecular weight excluding hydrogens is 264 g/mol. The predicted octanol–water partition coefficient (Wildman–Crippen LogP) is 1.02. The number of para-hydroxylation sites is 2. The first kappa shape index (κ1) is 16.1. The Morgan fingerprint density at radius 1 is 1.24 bits per heavy atom. The van der Waals surface area contributed by atoms with Crippen LogP contribution in [0.1, 0.15) is 6.92 Å². The van der Waals surface area contributed by atoms with E-state index < -0.39 is 0 Å². The van der Waals surface area contributed by atoms with Crippen LogP contribution in [0.4, 0.5) is 11.4 Å². The molecule has 0 amide bonds. The molecule has 1 aliphatic heterocycles. The molecule has 1 aromatic carbocycles. The molecule has 0 radical (unpaired) electrons. The Morgan fingerprint density at radius 2 is 2.00 bits per heavy atom. The number of nitrogens with one attached hydrogen (secondary N) is 1. The van der Waals surface area contributed by atoms with Crippen LogP contribution in [0, 0.1) is 0 Å². The normalized spacial score (nSPS) is 16.0. The minimum Gasteiger partial charge on any atom is -0.397 e. The van der Waals surface area contributed by atoms with Gasteiger partial charge in [-0.15, -0.1) is 0 Å². The maximum atomic E-state index is 6.13. The Labute approximate surface area is 128 Å². The van der Waals surface area contributed by atoms with Crippen LogP contribution in [0.5, 0.6) is 0 Å². The van der Waals surface area contributed by atoms with E-state index in [0.29, 0.717) is 0 Å². The van der Waals surface area contributed by atoms with Gasteiger partial charge in [-0.2, -0.15) is 0 Å². The van der Waals surface area contributed by atoms with Crippen LogP contribution in [0.2, 0.25) is 0 Å². The van der Waals surface area contributed by atoms with Gasteiger partial charge in [0.1, 0.15) is 0 Å². The smallest absolute Gasteiger partial charge is 0.0641 e. The number of nitrogen functional groups attached to an aromatic ring is 1. The lowest BCUT2D eigenvalue weighted by atomic mass is 10.2. The summed E-state index contributed by atoms with van der Waals surface area (Å²) >= 11 is 0. The zero-order chi connectivity index (χ0) is 14.9. The number of rotatable bonds is 8. The summed E-state index contributed by atoms with van der Waals surface area (Å²) in [4.78, 5) is 4.84. The molecule has 0 atom stereocenters. The van der Waals surface area contributed by atoms with Crippen molar-refractivity contribution in [2.75, 3.05) is 69.7 Å². The molecule has 1 heterocycles. The highest BCUT2D eigenvalue weighted by molar-refractivity contribution is 5.67. The molecule has 1 aliphatic rings. The number of hydrogen-bond donors (Lipinski definition) is 2. The molecule has 0 bridgehead atoms. The highest BCUT2D eigenvalue weighted by Crippen LogP contribution is 2.22. The van der Waals surface area contributed by atoms with Gasteiger partial charge in [0, 0.05) is 52.4 Å². The monoisotopic (exact) mass is 292 g/mol. The van der Waals surface area contributed by atoms with E-state index in [1.54, 1.807) is 0 Å². The number of anilines is 2. The van der Waals surface area contributed by atoms with Crippen molar-refractivity contribution >= 4 is 11.4 Å². The average molecular weight is 292 g/mol. The molecule has 21 heavy (non-hydrogen) atoms. The van der Waals surface area contributed by atoms with Crippen LogP contribution in [0.15, 0.2) is 24.3 Å². The Bertz CT molecular complexity index is 407. The van der Waals surface area contributed by atoms with Gasteiger partial charge < -0.3 is 20.7 Å². The fourth-order valence-electron chi connectivity index (χ4n) is 2.64. The second kappa shape index (κ2) is 8.87. The lowest BCUT2D eigenvalue weighted by Gasteiger charge is -2.32. The van der Waals surface area contributed by atoms with Gasteiger partial charge in [0.15, 0.2) is 0 Å². The molecule has 0 aliphatic carbocycles. The molecular formula is C16H28N4O. The van der Waals surface area contributed by atoms with E-state index in [1.165, 1.54) is 0 Å². The van der Waals surface area contributed by atoms with Gasteiger partial charge in [0.2, 0.25) is 0 Å². The van der Waals surface area contributed by atoms with E-state index >= 15 is 0 Å². The van der Waals surface area contributed by atoms with Crippen molar-refractivity contribution < 1.29 is 4.74 Å². The Hall–Kier alpha value is -1.30. The van der Waals surface area contributed by atoms with Gasteiger partial charge in [0.25, 0.3) is 0 Å². The van der Waals surface area contributed by atoms with Gasteiger partial charge in [-0.1, -0.05) is 12.1 Å². The second-order valence-corrected chi connectivity index (χ2v) is 5.33. The first-order valence-electron chi connectivity index (χ1n) is 7.91. The van der Waals surface area contributed by atoms with Crippen LogP contribution in [0.3, 0.4) is 0 Å². The first-order valence-corrected chi connectivity index (χ1v) is 7.91. The van der Waals surface area contributed by atoms with Gasteiger partial charge in [0.05, 0.1) is 18.0 Å². The summed E-state index contributed by atoms with van der Waals surface area (Å²) in [5, 5.41) is 3.39. The van der Waals surface area contributed by atoms with E-state index in [2.05, 4.69) is 21.2 Å². The van der Waals surface area contributed by atoms with Crippen molar-refractivity contribution in [1.29, 1.82) is 0 Å². The van der Waals surface area contributed by atoms with Gasteiger partial charge in [-0.3, -0.25) is 4.90 Å². The summed E-state index contributed by atoms with van der Waals surface area (Å²) in [6.45, 7) is 10.9. The van der Waals surface area contributed by atoms with Crippen molar-refractivity contribution in [1.82, 2.24) is 10.2 Å². The fourth-order valence-corrected chi connectivity index (χ4v) is 2.64. The van der Waals surface area contributed by atoms with Gasteiger partial charge in [-0.25, -0.2) is 0 Å². The molecule has 0 unspecified atom stereocenters.